The van der Waals surface area contributed by atoms with Gasteiger partial charge in [-0.05, 0) is 41.5 Å². The lowest BCUT2D eigenvalue weighted by molar-refractivity contribution is -0.132. The molecule has 0 bridgehead atoms. The highest BCUT2D eigenvalue weighted by molar-refractivity contribution is 6.51. The van der Waals surface area contributed by atoms with E-state index in [0.717, 1.165) is 10.8 Å². The monoisotopic (exact) mass is 440 g/mol. The minimum Gasteiger partial charge on any atom is -0.507 e. The van der Waals surface area contributed by atoms with Crippen LogP contribution in [0.5, 0.6) is 5.75 Å². The van der Waals surface area contributed by atoms with Crippen LogP contribution in [0.15, 0.2) is 82.9 Å². The predicted molar refractivity (Wildman–Crippen MR) is 123 cm³/mol. The number of methoxy groups -OCH3 is 1. The maximum atomic E-state index is 13.2. The van der Waals surface area contributed by atoms with E-state index in [1.54, 1.807) is 56.5 Å². The number of aliphatic hydroxyl groups is 1. The van der Waals surface area contributed by atoms with E-state index in [1.165, 1.54) is 4.90 Å². The number of nitrogens with zero attached hydrogens (tertiary/aromatic N) is 2. The molecule has 3 aromatic carbocycles. The largest absolute Gasteiger partial charge is 0.507 e. The van der Waals surface area contributed by atoms with Crippen molar-refractivity contribution in [3.63, 3.8) is 0 Å². The predicted octanol–water partition coefficient (Wildman–Crippen LogP) is 4.77. The number of fused-ring (bicyclic) bond motifs is 1. The van der Waals surface area contributed by atoms with Crippen LogP contribution in [0.1, 0.15) is 22.9 Å². The van der Waals surface area contributed by atoms with E-state index < -0.39 is 17.7 Å². The van der Waals surface area contributed by atoms with Crippen molar-refractivity contribution >= 4 is 34.0 Å². The maximum Gasteiger partial charge on any atom is 0.301 e. The van der Waals surface area contributed by atoms with Gasteiger partial charge in [-0.25, -0.2) is 0 Å². The number of carbonyl (C=O) groups is 2. The summed E-state index contributed by atoms with van der Waals surface area (Å²) in [5.74, 6) is -0.498. The van der Waals surface area contributed by atoms with Gasteiger partial charge in [-0.3, -0.25) is 14.5 Å². The average Bonchev–Trinajstić information content (AvgIpc) is 3.38. The first-order valence-corrected chi connectivity index (χ1v) is 10.4. The molecular formula is C26H20N2O5. The number of carbonyl (C=O) groups excluding carboxylic acids is 2. The lowest BCUT2D eigenvalue weighted by Crippen LogP contribution is -2.29. The Morgan fingerprint density at radius 1 is 1.00 bits per heavy atom. The standard InChI is InChI=1S/C26H20N2O5/c1-15-13-21(27-33-15)28-23(17-9-11-20(32-2)12-10-17)22(25(30)26(28)31)24(29)19-8-7-16-5-3-4-6-18(16)14-19/h3-14,23,29H,1-2H3/b24-22+. The molecule has 1 saturated heterocycles. The Bertz CT molecular complexity index is 1420. The van der Waals surface area contributed by atoms with Gasteiger partial charge in [0.25, 0.3) is 5.78 Å². The molecule has 1 aliphatic heterocycles. The van der Waals surface area contributed by atoms with Crippen molar-refractivity contribution in [3.8, 4) is 5.75 Å². The molecule has 2 heterocycles. The highest BCUT2D eigenvalue weighted by Crippen LogP contribution is 2.42. The third-order valence-corrected chi connectivity index (χ3v) is 5.76. The summed E-state index contributed by atoms with van der Waals surface area (Å²) in [4.78, 5) is 27.6. The Balaban J connectivity index is 1.71. The molecule has 7 heteroatoms. The number of aliphatic hydroxyl groups excluding tert-OH is 1. The quantitative estimate of drug-likeness (QED) is 0.279. The first-order chi connectivity index (χ1) is 16.0. The van der Waals surface area contributed by atoms with Crippen LogP contribution >= 0.6 is 0 Å². The molecule has 0 spiro atoms. The number of aromatic nitrogens is 1. The van der Waals surface area contributed by atoms with E-state index in [2.05, 4.69) is 5.16 Å². The molecule has 1 atom stereocenters. The average molecular weight is 440 g/mol. The van der Waals surface area contributed by atoms with Crippen molar-refractivity contribution in [1.29, 1.82) is 0 Å². The number of hydrogen-bond acceptors (Lipinski definition) is 6. The topological polar surface area (TPSA) is 92.9 Å². The summed E-state index contributed by atoms with van der Waals surface area (Å²) in [7, 11) is 1.55. The summed E-state index contributed by atoms with van der Waals surface area (Å²) in [6, 6.07) is 20.8. The van der Waals surface area contributed by atoms with Crippen molar-refractivity contribution in [2.24, 2.45) is 0 Å². The van der Waals surface area contributed by atoms with Crippen molar-refractivity contribution in [2.45, 2.75) is 13.0 Å². The van der Waals surface area contributed by atoms with Crippen molar-refractivity contribution in [2.75, 3.05) is 12.0 Å². The number of ether oxygens (including phenoxy) is 1. The van der Waals surface area contributed by atoms with Crippen molar-refractivity contribution in [3.05, 3.63) is 95.3 Å². The zero-order chi connectivity index (χ0) is 23.1. The Labute approximate surface area is 189 Å². The fraction of sp³-hybridized carbons (Fsp3) is 0.115. The fourth-order valence-corrected chi connectivity index (χ4v) is 4.13. The van der Waals surface area contributed by atoms with Crippen LogP contribution < -0.4 is 9.64 Å². The fourth-order valence-electron chi connectivity index (χ4n) is 4.13. The van der Waals surface area contributed by atoms with Gasteiger partial charge in [-0.15, -0.1) is 0 Å². The van der Waals surface area contributed by atoms with E-state index in [4.69, 9.17) is 9.26 Å². The van der Waals surface area contributed by atoms with Crippen LogP contribution in [0.3, 0.4) is 0 Å². The first kappa shape index (κ1) is 20.5. The van der Waals surface area contributed by atoms with Gasteiger partial charge < -0.3 is 14.4 Å². The summed E-state index contributed by atoms with van der Waals surface area (Å²) in [5.41, 5.74) is 1.06. The van der Waals surface area contributed by atoms with E-state index >= 15 is 0 Å². The molecule has 1 amide bonds. The lowest BCUT2D eigenvalue weighted by Gasteiger charge is -2.23. The number of hydrogen-bond donors (Lipinski definition) is 1. The third-order valence-electron chi connectivity index (χ3n) is 5.76. The Morgan fingerprint density at radius 3 is 2.39 bits per heavy atom. The molecular weight excluding hydrogens is 420 g/mol. The number of anilines is 1. The number of rotatable bonds is 4. The van der Waals surface area contributed by atoms with Crippen LogP contribution in [-0.2, 0) is 9.59 Å². The van der Waals surface area contributed by atoms with Gasteiger partial charge in [0.15, 0.2) is 5.82 Å². The molecule has 33 heavy (non-hydrogen) atoms. The summed E-state index contributed by atoms with van der Waals surface area (Å²) in [6.45, 7) is 1.70. The Kier molecular flexibility index (Phi) is 4.94. The van der Waals surface area contributed by atoms with Gasteiger partial charge in [0.05, 0.1) is 18.7 Å². The second-order valence-corrected chi connectivity index (χ2v) is 7.80. The molecule has 1 unspecified atom stereocenters. The van der Waals surface area contributed by atoms with Crippen molar-refractivity contribution in [1.82, 2.24) is 5.16 Å². The van der Waals surface area contributed by atoms with Gasteiger partial charge >= 0.3 is 5.91 Å². The highest BCUT2D eigenvalue weighted by Gasteiger charge is 2.48. The Hall–Kier alpha value is -4.39. The number of benzene rings is 3. The molecule has 1 aliphatic rings. The summed E-state index contributed by atoms with van der Waals surface area (Å²) < 4.78 is 10.4. The van der Waals surface area contributed by atoms with Gasteiger partial charge in [0.2, 0.25) is 0 Å². The minimum absolute atomic E-state index is 0.0129. The highest BCUT2D eigenvalue weighted by atomic mass is 16.5. The van der Waals surface area contributed by atoms with E-state index in [1.807, 2.05) is 30.3 Å². The molecule has 1 aromatic heterocycles. The maximum absolute atomic E-state index is 13.2. The first-order valence-electron chi connectivity index (χ1n) is 10.4. The van der Waals surface area contributed by atoms with E-state index in [9.17, 15) is 14.7 Å². The SMILES string of the molecule is COc1ccc(C2/C(=C(\O)c3ccc4ccccc4c3)C(=O)C(=O)N2c2cc(C)on2)cc1. The third kappa shape index (κ3) is 3.43. The van der Waals surface area contributed by atoms with Crippen LogP contribution in [0.2, 0.25) is 0 Å². The van der Waals surface area contributed by atoms with Crippen LogP contribution in [0.25, 0.3) is 16.5 Å². The van der Waals surface area contributed by atoms with Gasteiger partial charge in [0.1, 0.15) is 17.3 Å². The van der Waals surface area contributed by atoms with Gasteiger partial charge in [-0.2, -0.15) is 0 Å². The smallest absolute Gasteiger partial charge is 0.301 e. The normalized spacial score (nSPS) is 17.6. The van der Waals surface area contributed by atoms with Crippen LogP contribution in [0.4, 0.5) is 5.82 Å². The molecule has 1 N–H and O–H groups in total. The van der Waals surface area contributed by atoms with E-state index in [0.29, 0.717) is 22.6 Å². The number of ketones is 1. The molecule has 1 fully saturated rings. The molecule has 7 nitrogen and oxygen atoms in total. The van der Waals surface area contributed by atoms with Crippen molar-refractivity contribution < 1.29 is 24.0 Å². The number of Topliss-reactive ketones (excluding diaryl/α,β-unsaturated/α-hetero) is 1. The summed E-state index contributed by atoms with van der Waals surface area (Å²) >= 11 is 0. The van der Waals surface area contributed by atoms with Crippen LogP contribution in [0, 0.1) is 6.92 Å². The second-order valence-electron chi connectivity index (χ2n) is 7.80. The van der Waals surface area contributed by atoms with Gasteiger partial charge in [-0.1, -0.05) is 53.7 Å². The van der Waals surface area contributed by atoms with E-state index in [-0.39, 0.29) is 17.2 Å². The molecule has 5 rings (SSSR count). The van der Waals surface area contributed by atoms with Gasteiger partial charge in [0, 0.05) is 11.6 Å². The molecule has 164 valence electrons. The Morgan fingerprint density at radius 2 is 1.73 bits per heavy atom. The molecule has 4 aromatic rings. The summed E-state index contributed by atoms with van der Waals surface area (Å²) in [5, 5.41) is 17.1. The lowest BCUT2D eigenvalue weighted by atomic mass is 9.94. The minimum atomic E-state index is -0.883. The molecule has 0 radical (unpaired) electrons. The zero-order valence-corrected chi connectivity index (χ0v) is 18.0. The molecule has 0 saturated carbocycles. The number of aryl methyl sites for hydroxylation is 1. The van der Waals surface area contributed by atoms with Crippen LogP contribution in [-0.4, -0.2) is 29.1 Å². The number of amides is 1. The summed E-state index contributed by atoms with van der Waals surface area (Å²) in [6.07, 6.45) is 0. The molecule has 0 aliphatic carbocycles. The second kappa shape index (κ2) is 7.94. The zero-order valence-electron chi connectivity index (χ0n) is 18.0.